The van der Waals surface area contributed by atoms with Crippen LogP contribution in [0.4, 0.5) is 18.3 Å². The third kappa shape index (κ3) is 5.10. The summed E-state index contributed by atoms with van der Waals surface area (Å²) in [6.45, 7) is 0.389. The molecule has 28 heavy (non-hydrogen) atoms. The van der Waals surface area contributed by atoms with E-state index < -0.39 is 24.1 Å². The highest BCUT2D eigenvalue weighted by Crippen LogP contribution is 2.27. The number of halogens is 3. The van der Waals surface area contributed by atoms with Crippen molar-refractivity contribution in [1.29, 1.82) is 0 Å². The predicted octanol–water partition coefficient (Wildman–Crippen LogP) is 3.68. The molecule has 1 N–H and O–H groups in total. The Labute approximate surface area is 162 Å². The number of carbonyl (C=O) groups excluding carboxylic acids is 2. The van der Waals surface area contributed by atoms with E-state index in [0.29, 0.717) is 24.5 Å². The average molecular weight is 411 g/mol. The Kier molecular flexibility index (Phi) is 5.98. The molecule has 1 aliphatic heterocycles. The molecule has 0 radical (unpaired) electrons. The van der Waals surface area contributed by atoms with Crippen molar-refractivity contribution in [2.45, 2.75) is 25.2 Å². The largest absolute Gasteiger partial charge is 0.573 e. The van der Waals surface area contributed by atoms with E-state index in [1.54, 1.807) is 11.6 Å². The second kappa shape index (κ2) is 8.42. The number of para-hydroxylation sites is 1. The third-order valence-electron chi connectivity index (χ3n) is 4.05. The normalized spacial score (nSPS) is 17.1. The van der Waals surface area contributed by atoms with Gasteiger partial charge in [-0.15, -0.1) is 24.5 Å². The lowest BCUT2D eigenvalue weighted by Gasteiger charge is -2.22. The molecule has 0 aliphatic carbocycles. The van der Waals surface area contributed by atoms with Crippen molar-refractivity contribution in [3.05, 3.63) is 47.5 Å². The van der Waals surface area contributed by atoms with Gasteiger partial charge in [-0.3, -0.25) is 9.59 Å². The lowest BCUT2D eigenvalue weighted by atomic mass is 10.1. The molecule has 3 rings (SSSR count). The van der Waals surface area contributed by atoms with Gasteiger partial charge < -0.3 is 15.0 Å². The lowest BCUT2D eigenvalue weighted by molar-refractivity contribution is -0.274. The summed E-state index contributed by atoms with van der Waals surface area (Å²) >= 11 is 1.27. The molecular weight excluding hydrogens is 395 g/mol. The minimum atomic E-state index is -4.83. The van der Waals surface area contributed by atoms with Crippen LogP contribution in [0.1, 0.15) is 18.4 Å². The molecule has 1 aromatic heterocycles. The number of thiazole rings is 1. The van der Waals surface area contributed by atoms with Gasteiger partial charge in [-0.2, -0.15) is 0 Å². The molecule has 1 unspecified atom stereocenters. The van der Waals surface area contributed by atoms with E-state index in [4.69, 9.17) is 0 Å². The number of nitrogens with one attached hydrogen (secondary N) is 1. The number of amides is 2. The molecule has 2 heterocycles. The maximum absolute atomic E-state index is 12.5. The fourth-order valence-electron chi connectivity index (χ4n) is 2.87. The minimum absolute atomic E-state index is 0.108. The number of anilines is 1. The number of rotatable bonds is 5. The van der Waals surface area contributed by atoms with Crippen molar-refractivity contribution in [3.63, 3.8) is 0 Å². The third-order valence-corrected chi connectivity index (χ3v) is 4.74. The fourth-order valence-corrected chi connectivity index (χ4v) is 3.40. The van der Waals surface area contributed by atoms with Gasteiger partial charge in [0.2, 0.25) is 11.8 Å². The standard InChI is InChI=1S/C18H16F3N3O3S/c19-18(20,21)27-14-6-2-1-4-12(14)7-8-15(25)24-10-3-5-13(24)16(26)23-17-22-9-11-28-17/h1-2,4,6-9,11,13H,3,5,10H2,(H,22,23,26). The smallest absolute Gasteiger partial charge is 0.405 e. The van der Waals surface area contributed by atoms with Crippen LogP contribution in [0, 0.1) is 0 Å². The molecule has 1 fully saturated rings. The Bertz CT molecular complexity index is 868. The molecule has 2 aromatic rings. The summed E-state index contributed by atoms with van der Waals surface area (Å²) in [5, 5.41) is 4.82. The number of carbonyl (C=O) groups is 2. The number of hydrogen-bond donors (Lipinski definition) is 1. The van der Waals surface area contributed by atoms with Crippen molar-refractivity contribution in [2.75, 3.05) is 11.9 Å². The van der Waals surface area contributed by atoms with Crippen LogP contribution in [0.15, 0.2) is 41.9 Å². The molecule has 1 atom stereocenters. The van der Waals surface area contributed by atoms with E-state index >= 15 is 0 Å². The Morgan fingerprint density at radius 1 is 1.32 bits per heavy atom. The average Bonchev–Trinajstić information content (AvgIpc) is 3.31. The molecule has 0 spiro atoms. The number of alkyl halides is 3. The van der Waals surface area contributed by atoms with Crippen LogP contribution in [-0.4, -0.2) is 40.6 Å². The van der Waals surface area contributed by atoms with Gasteiger partial charge >= 0.3 is 6.36 Å². The highest BCUT2D eigenvalue weighted by Gasteiger charge is 2.34. The van der Waals surface area contributed by atoms with E-state index in [1.807, 2.05) is 0 Å². The summed E-state index contributed by atoms with van der Waals surface area (Å²) in [6, 6.07) is 4.86. The Balaban J connectivity index is 1.69. The molecule has 0 bridgehead atoms. The van der Waals surface area contributed by atoms with Crippen LogP contribution in [0.3, 0.4) is 0 Å². The van der Waals surface area contributed by atoms with E-state index in [0.717, 1.165) is 12.1 Å². The van der Waals surface area contributed by atoms with Crippen LogP contribution < -0.4 is 10.1 Å². The maximum atomic E-state index is 12.5. The predicted molar refractivity (Wildman–Crippen MR) is 97.6 cm³/mol. The van der Waals surface area contributed by atoms with Crippen LogP contribution in [0.2, 0.25) is 0 Å². The number of ether oxygens (including phenoxy) is 1. The van der Waals surface area contributed by atoms with Crippen LogP contribution >= 0.6 is 11.3 Å². The topological polar surface area (TPSA) is 71.5 Å². The summed E-state index contributed by atoms with van der Waals surface area (Å²) in [6.07, 6.45) is 0.280. The fraction of sp³-hybridized carbons (Fsp3) is 0.278. The van der Waals surface area contributed by atoms with E-state index in [2.05, 4.69) is 15.0 Å². The van der Waals surface area contributed by atoms with E-state index in [-0.39, 0.29) is 11.5 Å². The number of aromatic nitrogens is 1. The first-order valence-electron chi connectivity index (χ1n) is 8.37. The summed E-state index contributed by atoms with van der Waals surface area (Å²) in [5.41, 5.74) is 0.108. The Hall–Kier alpha value is -2.88. The lowest BCUT2D eigenvalue weighted by Crippen LogP contribution is -2.42. The number of nitrogens with zero attached hydrogens (tertiary/aromatic N) is 2. The zero-order valence-corrected chi connectivity index (χ0v) is 15.3. The van der Waals surface area contributed by atoms with Crippen molar-refractivity contribution >= 4 is 34.4 Å². The zero-order valence-electron chi connectivity index (χ0n) is 14.5. The molecule has 1 saturated heterocycles. The first-order valence-corrected chi connectivity index (χ1v) is 9.25. The Morgan fingerprint density at radius 3 is 2.82 bits per heavy atom. The second-order valence-electron chi connectivity index (χ2n) is 5.94. The van der Waals surface area contributed by atoms with Gasteiger partial charge in [0.25, 0.3) is 0 Å². The summed E-state index contributed by atoms with van der Waals surface area (Å²) < 4.78 is 41.4. The van der Waals surface area contributed by atoms with Crippen molar-refractivity contribution in [2.24, 2.45) is 0 Å². The summed E-state index contributed by atoms with van der Waals surface area (Å²) in [7, 11) is 0. The van der Waals surface area contributed by atoms with Crippen LogP contribution in [0.25, 0.3) is 6.08 Å². The van der Waals surface area contributed by atoms with Gasteiger partial charge in [-0.25, -0.2) is 4.98 Å². The number of likely N-dealkylation sites (tertiary alicyclic amines) is 1. The van der Waals surface area contributed by atoms with Gasteiger partial charge in [0.05, 0.1) is 0 Å². The second-order valence-corrected chi connectivity index (χ2v) is 6.83. The van der Waals surface area contributed by atoms with Gasteiger partial charge in [0, 0.05) is 29.8 Å². The molecule has 0 saturated carbocycles. The SMILES string of the molecule is O=C(Nc1nccs1)C1CCCN1C(=O)C=Cc1ccccc1OC(F)(F)F. The maximum Gasteiger partial charge on any atom is 0.573 e. The van der Waals surface area contributed by atoms with E-state index in [1.165, 1.54) is 40.5 Å². The summed E-state index contributed by atoms with van der Waals surface area (Å²) in [5.74, 6) is -1.20. The molecule has 6 nitrogen and oxygen atoms in total. The highest BCUT2D eigenvalue weighted by atomic mass is 32.1. The van der Waals surface area contributed by atoms with Gasteiger partial charge in [0.15, 0.2) is 5.13 Å². The monoisotopic (exact) mass is 411 g/mol. The molecular formula is C18H16F3N3O3S. The first kappa shape index (κ1) is 19.9. The molecule has 1 aromatic carbocycles. The highest BCUT2D eigenvalue weighted by molar-refractivity contribution is 7.13. The number of hydrogen-bond acceptors (Lipinski definition) is 5. The quantitative estimate of drug-likeness (QED) is 0.762. The van der Waals surface area contributed by atoms with Gasteiger partial charge in [-0.05, 0) is 25.0 Å². The first-order chi connectivity index (χ1) is 13.3. The van der Waals surface area contributed by atoms with Crippen LogP contribution in [-0.2, 0) is 9.59 Å². The van der Waals surface area contributed by atoms with E-state index in [9.17, 15) is 22.8 Å². The van der Waals surface area contributed by atoms with Gasteiger partial charge in [-0.1, -0.05) is 18.2 Å². The minimum Gasteiger partial charge on any atom is -0.405 e. The van der Waals surface area contributed by atoms with Crippen molar-refractivity contribution in [1.82, 2.24) is 9.88 Å². The Morgan fingerprint density at radius 2 is 2.11 bits per heavy atom. The summed E-state index contributed by atoms with van der Waals surface area (Å²) in [4.78, 5) is 30.3. The molecule has 148 valence electrons. The molecule has 2 amide bonds. The van der Waals surface area contributed by atoms with Crippen molar-refractivity contribution in [3.8, 4) is 5.75 Å². The number of benzene rings is 1. The molecule has 1 aliphatic rings. The zero-order chi connectivity index (χ0) is 20.1. The molecule has 10 heteroatoms. The van der Waals surface area contributed by atoms with Crippen LogP contribution in [0.5, 0.6) is 5.75 Å². The van der Waals surface area contributed by atoms with Gasteiger partial charge in [0.1, 0.15) is 11.8 Å². The van der Waals surface area contributed by atoms with Crippen molar-refractivity contribution < 1.29 is 27.5 Å².